The second kappa shape index (κ2) is 10.5. The number of nitrogens with zero attached hydrogens (tertiary/aromatic N) is 2. The number of hydrogen-bond acceptors (Lipinski definition) is 4. The van der Waals surface area contributed by atoms with Gasteiger partial charge in [0.25, 0.3) is 0 Å². The number of carbonyl (C=O) groups excluding carboxylic acids is 2. The Labute approximate surface area is 167 Å². The van der Waals surface area contributed by atoms with Crippen LogP contribution >= 0.6 is 12.4 Å². The number of carbonyl (C=O) groups is 2. The quantitative estimate of drug-likeness (QED) is 0.851. The number of benzene rings is 1. The van der Waals surface area contributed by atoms with E-state index in [0.717, 1.165) is 38.0 Å². The normalized spacial score (nSPS) is 20.7. The van der Waals surface area contributed by atoms with E-state index in [1.165, 1.54) is 0 Å². The molecule has 0 spiro atoms. The van der Waals surface area contributed by atoms with Crippen LogP contribution in [0.4, 0.5) is 4.79 Å². The maximum Gasteiger partial charge on any atom is 0.410 e. The van der Waals surface area contributed by atoms with Gasteiger partial charge in [-0.2, -0.15) is 0 Å². The summed E-state index contributed by atoms with van der Waals surface area (Å²) in [6.07, 6.45) is 2.07. The van der Waals surface area contributed by atoms with E-state index in [4.69, 9.17) is 4.74 Å². The highest BCUT2D eigenvalue weighted by atomic mass is 35.5. The van der Waals surface area contributed by atoms with Crippen LogP contribution < -0.4 is 5.32 Å². The molecule has 1 N–H and O–H groups in total. The molecule has 3 rings (SSSR count). The Kier molecular flexibility index (Phi) is 8.38. The average Bonchev–Trinajstić information content (AvgIpc) is 2.68. The number of amides is 2. The van der Waals surface area contributed by atoms with E-state index in [1.807, 2.05) is 35.2 Å². The predicted octanol–water partition coefficient (Wildman–Crippen LogP) is 2.67. The van der Waals surface area contributed by atoms with Crippen molar-refractivity contribution in [1.82, 2.24) is 15.1 Å². The summed E-state index contributed by atoms with van der Waals surface area (Å²) in [6.45, 7) is 6.28. The molecular formula is C20H30ClN3O3. The number of nitrogens with one attached hydrogen (secondary N) is 1. The lowest BCUT2D eigenvalue weighted by atomic mass is 9.93. The Balaban J connectivity index is 0.00000261. The Hall–Kier alpha value is -1.79. The maximum absolute atomic E-state index is 12.5. The number of likely N-dealkylation sites (tertiary alicyclic amines) is 1. The lowest BCUT2D eigenvalue weighted by molar-refractivity contribution is -0.135. The molecule has 2 amide bonds. The molecule has 2 fully saturated rings. The summed E-state index contributed by atoms with van der Waals surface area (Å²) in [5.41, 5.74) is 0.992. The molecule has 1 aromatic carbocycles. The number of piperazine rings is 1. The van der Waals surface area contributed by atoms with Crippen molar-refractivity contribution < 1.29 is 14.3 Å². The van der Waals surface area contributed by atoms with Crippen molar-refractivity contribution in [3.8, 4) is 0 Å². The molecule has 27 heavy (non-hydrogen) atoms. The van der Waals surface area contributed by atoms with Crippen LogP contribution in [0.5, 0.6) is 0 Å². The molecule has 1 aromatic rings. The smallest absolute Gasteiger partial charge is 0.410 e. The third-order valence-electron chi connectivity index (χ3n) is 5.36. The Morgan fingerprint density at radius 2 is 1.85 bits per heavy atom. The highest BCUT2D eigenvalue weighted by Crippen LogP contribution is 2.23. The van der Waals surface area contributed by atoms with Gasteiger partial charge in [-0.15, -0.1) is 12.4 Å². The first kappa shape index (κ1) is 21.5. The molecule has 6 nitrogen and oxygen atoms in total. The summed E-state index contributed by atoms with van der Waals surface area (Å²) >= 11 is 0. The van der Waals surface area contributed by atoms with Crippen molar-refractivity contribution in [2.24, 2.45) is 5.92 Å². The van der Waals surface area contributed by atoms with Gasteiger partial charge in [0.05, 0.1) is 0 Å². The molecule has 2 heterocycles. The van der Waals surface area contributed by atoms with Gasteiger partial charge in [-0.1, -0.05) is 30.3 Å². The topological polar surface area (TPSA) is 61.9 Å². The number of hydrogen-bond donors (Lipinski definition) is 1. The van der Waals surface area contributed by atoms with Gasteiger partial charge in [0.15, 0.2) is 0 Å². The van der Waals surface area contributed by atoms with Crippen molar-refractivity contribution in [2.75, 3.05) is 32.7 Å². The first-order valence-corrected chi connectivity index (χ1v) is 9.59. The molecule has 0 saturated carbocycles. The van der Waals surface area contributed by atoms with E-state index >= 15 is 0 Å². The number of piperidine rings is 1. The second-order valence-corrected chi connectivity index (χ2v) is 7.32. The fraction of sp³-hybridized carbons (Fsp3) is 0.600. The molecule has 7 heteroatoms. The largest absolute Gasteiger partial charge is 0.445 e. The molecule has 2 aliphatic rings. The molecule has 0 unspecified atom stereocenters. The van der Waals surface area contributed by atoms with Crippen molar-refractivity contribution >= 4 is 24.4 Å². The molecule has 1 atom stereocenters. The van der Waals surface area contributed by atoms with Gasteiger partial charge >= 0.3 is 6.09 Å². The lowest BCUT2D eigenvalue weighted by Crippen LogP contribution is -2.52. The van der Waals surface area contributed by atoms with Crippen LogP contribution in [0.25, 0.3) is 0 Å². The van der Waals surface area contributed by atoms with Gasteiger partial charge < -0.3 is 19.9 Å². The summed E-state index contributed by atoms with van der Waals surface area (Å²) in [5.74, 6) is 0.617. The first-order valence-electron chi connectivity index (χ1n) is 9.59. The van der Waals surface area contributed by atoms with E-state index in [1.54, 1.807) is 4.90 Å². The minimum Gasteiger partial charge on any atom is -0.445 e. The lowest BCUT2D eigenvalue weighted by Gasteiger charge is -2.36. The summed E-state index contributed by atoms with van der Waals surface area (Å²) in [6, 6.07) is 9.98. The minimum atomic E-state index is -0.255. The fourth-order valence-corrected chi connectivity index (χ4v) is 3.71. The Morgan fingerprint density at radius 3 is 2.52 bits per heavy atom. The Morgan fingerprint density at radius 1 is 1.15 bits per heavy atom. The molecule has 2 saturated heterocycles. The van der Waals surface area contributed by atoms with Crippen LogP contribution in [0.2, 0.25) is 0 Å². The van der Waals surface area contributed by atoms with Gasteiger partial charge in [-0.05, 0) is 31.2 Å². The van der Waals surface area contributed by atoms with Crippen LogP contribution in [0.3, 0.4) is 0 Å². The van der Waals surface area contributed by atoms with Crippen molar-refractivity contribution in [2.45, 2.75) is 38.8 Å². The zero-order chi connectivity index (χ0) is 18.4. The first-order chi connectivity index (χ1) is 12.6. The van der Waals surface area contributed by atoms with E-state index in [9.17, 15) is 9.59 Å². The second-order valence-electron chi connectivity index (χ2n) is 7.32. The summed E-state index contributed by atoms with van der Waals surface area (Å²) in [7, 11) is 0. The minimum absolute atomic E-state index is 0. The molecule has 0 bridgehead atoms. The van der Waals surface area contributed by atoms with Gasteiger partial charge in [-0.3, -0.25) is 4.79 Å². The van der Waals surface area contributed by atoms with Gasteiger partial charge in [0, 0.05) is 45.2 Å². The maximum atomic E-state index is 12.5. The van der Waals surface area contributed by atoms with Crippen molar-refractivity contribution in [3.05, 3.63) is 35.9 Å². The van der Waals surface area contributed by atoms with Crippen molar-refractivity contribution in [3.63, 3.8) is 0 Å². The zero-order valence-corrected chi connectivity index (χ0v) is 16.7. The van der Waals surface area contributed by atoms with E-state index in [-0.39, 0.29) is 30.4 Å². The number of ether oxygens (including phenoxy) is 1. The highest BCUT2D eigenvalue weighted by molar-refractivity contribution is 5.85. The molecular weight excluding hydrogens is 366 g/mol. The van der Waals surface area contributed by atoms with Crippen LogP contribution in [0.15, 0.2) is 30.3 Å². The predicted molar refractivity (Wildman–Crippen MR) is 107 cm³/mol. The highest BCUT2D eigenvalue weighted by Gasteiger charge is 2.29. The van der Waals surface area contributed by atoms with Crippen LogP contribution in [-0.4, -0.2) is 60.6 Å². The summed E-state index contributed by atoms with van der Waals surface area (Å²) < 4.78 is 5.40. The Bertz CT molecular complexity index is 606. The van der Waals surface area contributed by atoms with E-state index < -0.39 is 0 Å². The number of halogens is 1. The molecule has 0 aromatic heterocycles. The zero-order valence-electron chi connectivity index (χ0n) is 15.9. The molecule has 0 radical (unpaired) electrons. The third kappa shape index (κ3) is 6.11. The van der Waals surface area contributed by atoms with Gasteiger partial charge in [0.2, 0.25) is 5.91 Å². The third-order valence-corrected chi connectivity index (χ3v) is 5.36. The van der Waals surface area contributed by atoms with Crippen LogP contribution in [-0.2, 0) is 16.1 Å². The van der Waals surface area contributed by atoms with Gasteiger partial charge in [0.1, 0.15) is 6.61 Å². The van der Waals surface area contributed by atoms with Crippen LogP contribution in [0, 0.1) is 5.92 Å². The SMILES string of the molecule is C[C@H]1CNCCN1C(=O)CC1CCN(C(=O)OCc2ccccc2)CC1.Cl. The number of rotatable bonds is 4. The van der Waals surface area contributed by atoms with Crippen molar-refractivity contribution in [1.29, 1.82) is 0 Å². The van der Waals surface area contributed by atoms with Gasteiger partial charge in [-0.25, -0.2) is 4.79 Å². The molecule has 2 aliphatic heterocycles. The average molecular weight is 396 g/mol. The standard InChI is InChI=1S/C20H29N3O3.ClH/c1-16-14-21-9-12-23(16)19(24)13-17-7-10-22(11-8-17)20(25)26-15-18-5-3-2-4-6-18;/h2-6,16-17,21H,7-15H2,1H3;1H/t16-;/m0./s1. The molecule has 150 valence electrons. The summed E-state index contributed by atoms with van der Waals surface area (Å²) in [4.78, 5) is 28.5. The fourth-order valence-electron chi connectivity index (χ4n) is 3.71. The van der Waals surface area contributed by atoms with E-state index in [2.05, 4.69) is 12.2 Å². The van der Waals surface area contributed by atoms with Crippen LogP contribution in [0.1, 0.15) is 31.7 Å². The summed E-state index contributed by atoms with van der Waals surface area (Å²) in [5, 5.41) is 3.31. The monoisotopic (exact) mass is 395 g/mol. The molecule has 0 aliphatic carbocycles. The van der Waals surface area contributed by atoms with E-state index in [0.29, 0.717) is 32.0 Å².